The molecule has 0 bridgehead atoms. The Kier molecular flexibility index (Phi) is 6.64. The molecule has 1 aromatic carbocycles. The Balaban J connectivity index is 1.44. The lowest BCUT2D eigenvalue weighted by atomic mass is 9.34. The third-order valence-electron chi connectivity index (χ3n) is 13.6. The Morgan fingerprint density at radius 2 is 1.63 bits per heavy atom. The van der Waals surface area contributed by atoms with Gasteiger partial charge in [-0.3, -0.25) is 14.4 Å². The third-order valence-corrected chi connectivity index (χ3v) is 13.6. The second kappa shape index (κ2) is 9.50. The summed E-state index contributed by atoms with van der Waals surface area (Å²) in [5.41, 5.74) is 0.0757. The normalized spacial score (nSPS) is 40.8. The zero-order chi connectivity index (χ0) is 31.2. The molecule has 3 fully saturated rings. The van der Waals surface area contributed by atoms with E-state index in [-0.39, 0.29) is 57.0 Å². The molecule has 0 spiro atoms. The second-order valence-electron chi connectivity index (χ2n) is 16.6. The first kappa shape index (κ1) is 30.0. The Bertz CT molecular complexity index is 1490. The van der Waals surface area contributed by atoms with E-state index in [1.54, 1.807) is 0 Å². The number of hydrogen-bond acceptors (Lipinski definition) is 4. The fourth-order valence-electron chi connectivity index (χ4n) is 11.0. The standard InChI is InChI=1S/C38H48N2O3/c1-33(2)15-17-38(32(43)40-23-24-11-9-8-10-12-24)18-16-37(7)30(26(38)21-33)27(41)19-29-35(5)20-25(22-39)31(42)34(3,4)28(35)13-14-36(29,37)6/h8-12,19-20,26,28,30H,13-18,21,23H2,1-7H3,(H,40,43)/t26-,28-,30-,35-,36+,37+,38-/m0/s1. The van der Waals surface area contributed by atoms with Crippen molar-refractivity contribution in [1.82, 2.24) is 5.32 Å². The van der Waals surface area contributed by atoms with Crippen LogP contribution >= 0.6 is 0 Å². The maximum absolute atomic E-state index is 14.7. The molecule has 1 amide bonds. The van der Waals surface area contributed by atoms with Crippen LogP contribution in [0.25, 0.3) is 0 Å². The number of nitriles is 1. The van der Waals surface area contributed by atoms with Gasteiger partial charge in [0.1, 0.15) is 6.07 Å². The van der Waals surface area contributed by atoms with Crippen molar-refractivity contribution in [3.8, 4) is 6.07 Å². The van der Waals surface area contributed by atoms with E-state index in [0.717, 1.165) is 56.1 Å². The number of Topliss-reactive ketones (excluding diaryl/α,β-unsaturated/α-hetero) is 1. The van der Waals surface area contributed by atoms with Gasteiger partial charge in [0.2, 0.25) is 5.91 Å². The minimum Gasteiger partial charge on any atom is -0.352 e. The SMILES string of the molecule is CC1(C)CC[C@]2(C(=O)NCc3ccccc3)CC[C@]3(C)[C@H](C(=O)C=C4[C@@]5(C)C=C(C#N)C(=O)C(C)(C)[C@@H]5CC[C@]43C)[C@@H]2C1. The highest BCUT2D eigenvalue weighted by molar-refractivity contribution is 6.04. The maximum atomic E-state index is 14.7. The number of fused-ring (bicyclic) bond motifs is 7. The molecular weight excluding hydrogens is 532 g/mol. The molecule has 1 N–H and O–H groups in total. The summed E-state index contributed by atoms with van der Waals surface area (Å²) in [6, 6.07) is 12.3. The molecule has 5 heteroatoms. The molecule has 5 aliphatic carbocycles. The average molecular weight is 581 g/mol. The summed E-state index contributed by atoms with van der Waals surface area (Å²) >= 11 is 0. The first-order valence-corrected chi connectivity index (χ1v) is 16.3. The minimum absolute atomic E-state index is 0.0249. The van der Waals surface area contributed by atoms with Gasteiger partial charge in [-0.15, -0.1) is 0 Å². The van der Waals surface area contributed by atoms with Crippen LogP contribution in [0.1, 0.15) is 99.0 Å². The number of ketones is 2. The van der Waals surface area contributed by atoms with E-state index < -0.39 is 16.2 Å². The zero-order valence-corrected chi connectivity index (χ0v) is 27.1. The number of nitrogens with one attached hydrogen (secondary N) is 1. The minimum atomic E-state index is -0.677. The van der Waals surface area contributed by atoms with Gasteiger partial charge in [0, 0.05) is 23.3 Å². The van der Waals surface area contributed by atoms with Crippen molar-refractivity contribution in [1.29, 1.82) is 5.26 Å². The van der Waals surface area contributed by atoms with Crippen molar-refractivity contribution in [3.63, 3.8) is 0 Å². The first-order valence-electron chi connectivity index (χ1n) is 16.3. The number of nitrogens with zero attached hydrogens (tertiary/aromatic N) is 1. The van der Waals surface area contributed by atoms with E-state index in [2.05, 4.69) is 46.0 Å². The van der Waals surface area contributed by atoms with E-state index in [4.69, 9.17) is 0 Å². The van der Waals surface area contributed by atoms with Crippen molar-refractivity contribution in [2.45, 2.75) is 100.0 Å². The number of rotatable bonds is 3. The van der Waals surface area contributed by atoms with Crippen molar-refractivity contribution < 1.29 is 14.4 Å². The van der Waals surface area contributed by atoms with E-state index in [1.807, 2.05) is 56.3 Å². The Morgan fingerprint density at radius 3 is 2.30 bits per heavy atom. The van der Waals surface area contributed by atoms with E-state index >= 15 is 0 Å². The van der Waals surface area contributed by atoms with Gasteiger partial charge < -0.3 is 5.32 Å². The summed E-state index contributed by atoms with van der Waals surface area (Å²) in [7, 11) is 0. The lowest BCUT2D eigenvalue weighted by Gasteiger charge is -2.69. The van der Waals surface area contributed by atoms with Crippen LogP contribution in [0.4, 0.5) is 0 Å². The molecule has 0 aromatic heterocycles. The van der Waals surface area contributed by atoms with Crippen molar-refractivity contribution in [2.24, 2.45) is 50.2 Å². The predicted molar refractivity (Wildman–Crippen MR) is 167 cm³/mol. The van der Waals surface area contributed by atoms with E-state index in [0.29, 0.717) is 6.54 Å². The Morgan fingerprint density at radius 1 is 0.953 bits per heavy atom. The second-order valence-corrected chi connectivity index (χ2v) is 16.6. The van der Waals surface area contributed by atoms with Crippen LogP contribution in [0.15, 0.2) is 53.6 Å². The summed E-state index contributed by atoms with van der Waals surface area (Å²) in [6.07, 6.45) is 9.83. The first-order chi connectivity index (χ1) is 20.1. The molecule has 0 radical (unpaired) electrons. The Labute approximate surface area is 257 Å². The summed E-state index contributed by atoms with van der Waals surface area (Å²) in [4.78, 5) is 42.3. The molecule has 1 aromatic rings. The van der Waals surface area contributed by atoms with Gasteiger partial charge >= 0.3 is 0 Å². The fourth-order valence-corrected chi connectivity index (χ4v) is 11.0. The van der Waals surface area contributed by atoms with Gasteiger partial charge in [0.25, 0.3) is 0 Å². The quantitative estimate of drug-likeness (QED) is 0.401. The van der Waals surface area contributed by atoms with E-state index in [9.17, 15) is 19.6 Å². The number of carbonyl (C=O) groups is 3. The highest BCUT2D eigenvalue weighted by atomic mass is 16.2. The molecule has 0 saturated heterocycles. The molecule has 0 aliphatic heterocycles. The molecule has 6 rings (SSSR count). The van der Waals surface area contributed by atoms with Crippen molar-refractivity contribution >= 4 is 17.5 Å². The number of carbonyl (C=O) groups excluding carboxylic acids is 3. The summed E-state index contributed by atoms with van der Waals surface area (Å²) in [6.45, 7) is 15.9. The van der Waals surface area contributed by atoms with Gasteiger partial charge in [0.15, 0.2) is 11.6 Å². The van der Waals surface area contributed by atoms with Crippen LogP contribution in [0.2, 0.25) is 0 Å². The number of allylic oxidation sites excluding steroid dienone is 4. The van der Waals surface area contributed by atoms with E-state index in [1.165, 1.54) is 0 Å². The van der Waals surface area contributed by atoms with Gasteiger partial charge in [-0.25, -0.2) is 0 Å². The molecule has 5 aliphatic rings. The summed E-state index contributed by atoms with van der Waals surface area (Å²) in [5, 5.41) is 13.3. The van der Waals surface area contributed by atoms with Crippen LogP contribution in [-0.2, 0) is 20.9 Å². The highest BCUT2D eigenvalue weighted by Gasteiger charge is 2.70. The summed E-state index contributed by atoms with van der Waals surface area (Å²) < 4.78 is 0. The van der Waals surface area contributed by atoms with Gasteiger partial charge in [-0.05, 0) is 84.7 Å². The summed E-state index contributed by atoms with van der Waals surface area (Å²) in [5.74, 6) is -0.0846. The highest BCUT2D eigenvalue weighted by Crippen LogP contribution is 2.74. The molecule has 5 nitrogen and oxygen atoms in total. The topological polar surface area (TPSA) is 87.0 Å². The maximum Gasteiger partial charge on any atom is 0.226 e. The Hall–Kier alpha value is -3.00. The molecule has 0 heterocycles. The molecule has 3 saturated carbocycles. The lowest BCUT2D eigenvalue weighted by Crippen LogP contribution is -2.66. The van der Waals surface area contributed by atoms with Crippen LogP contribution in [0.3, 0.4) is 0 Å². The van der Waals surface area contributed by atoms with Gasteiger partial charge in [-0.2, -0.15) is 5.26 Å². The van der Waals surface area contributed by atoms with Crippen LogP contribution in [0.5, 0.6) is 0 Å². The predicted octanol–water partition coefficient (Wildman–Crippen LogP) is 7.52. The molecule has 7 atom stereocenters. The lowest BCUT2D eigenvalue weighted by molar-refractivity contribution is -0.178. The van der Waals surface area contributed by atoms with Gasteiger partial charge in [-0.1, -0.05) is 90.4 Å². The van der Waals surface area contributed by atoms with Crippen LogP contribution in [-0.4, -0.2) is 17.5 Å². The molecule has 43 heavy (non-hydrogen) atoms. The van der Waals surface area contributed by atoms with Crippen molar-refractivity contribution in [3.05, 3.63) is 59.2 Å². The number of amides is 1. The fraction of sp³-hybridized carbons (Fsp3) is 0.632. The van der Waals surface area contributed by atoms with Crippen molar-refractivity contribution in [2.75, 3.05) is 0 Å². The van der Waals surface area contributed by atoms with Crippen LogP contribution in [0, 0.1) is 61.6 Å². The number of benzene rings is 1. The molecule has 0 unspecified atom stereocenters. The largest absolute Gasteiger partial charge is 0.352 e. The molecular formula is C38H48N2O3. The average Bonchev–Trinajstić information content (AvgIpc) is 2.95. The van der Waals surface area contributed by atoms with Crippen LogP contribution < -0.4 is 5.32 Å². The monoisotopic (exact) mass is 580 g/mol. The zero-order valence-electron chi connectivity index (χ0n) is 27.1. The number of hydrogen-bond donors (Lipinski definition) is 1. The smallest absolute Gasteiger partial charge is 0.226 e. The third kappa shape index (κ3) is 4.04. The van der Waals surface area contributed by atoms with Gasteiger partial charge in [0.05, 0.1) is 11.0 Å². The molecule has 228 valence electrons.